The summed E-state index contributed by atoms with van der Waals surface area (Å²) in [6, 6.07) is 19.4. The first-order valence-corrected chi connectivity index (χ1v) is 11.2. The number of pyridine rings is 1. The van der Waals surface area contributed by atoms with E-state index in [1.165, 1.54) is 0 Å². The Kier molecular flexibility index (Phi) is 5.42. The smallest absolute Gasteiger partial charge is 0.271 e. The number of amides is 2. The zero-order chi connectivity index (χ0) is 22.9. The van der Waals surface area contributed by atoms with Crippen molar-refractivity contribution in [2.24, 2.45) is 0 Å². The molecule has 166 valence electrons. The fourth-order valence-electron chi connectivity index (χ4n) is 4.58. The number of nitrogens with one attached hydrogen (secondary N) is 1. The predicted octanol–water partition coefficient (Wildman–Crippen LogP) is 4.06. The quantitative estimate of drug-likeness (QED) is 0.522. The van der Waals surface area contributed by atoms with Gasteiger partial charge in [-0.05, 0) is 41.3 Å². The van der Waals surface area contributed by atoms with Crippen LogP contribution in [0.25, 0.3) is 22.0 Å². The third-order valence-corrected chi connectivity index (χ3v) is 6.53. The maximum Gasteiger partial charge on any atom is 0.271 e. The lowest BCUT2D eigenvalue weighted by molar-refractivity contribution is -0.138. The van der Waals surface area contributed by atoms with Crippen molar-refractivity contribution in [2.75, 3.05) is 20.1 Å². The molecule has 1 aliphatic heterocycles. The Morgan fingerprint density at radius 3 is 2.55 bits per heavy atom. The van der Waals surface area contributed by atoms with E-state index in [1.54, 1.807) is 23.0 Å². The zero-order valence-corrected chi connectivity index (χ0v) is 18.8. The number of H-pyrrole nitrogens is 1. The fourth-order valence-corrected chi connectivity index (χ4v) is 4.58. The summed E-state index contributed by atoms with van der Waals surface area (Å²) in [6.07, 6.45) is 4.06. The molecule has 0 saturated carbocycles. The first-order chi connectivity index (χ1) is 16.0. The third-order valence-electron chi connectivity index (χ3n) is 6.53. The topological polar surface area (TPSA) is 69.3 Å². The molecule has 6 nitrogen and oxygen atoms in total. The number of fused-ring (bicyclic) bond motifs is 1. The SMILES string of the molecule is Cc1c(C(=O)N2CCN(C)C(=O)C2Cc2ccc(-c3cccnc3)cc2)[nH]c2ccccc12. The highest BCUT2D eigenvalue weighted by molar-refractivity contribution is 6.03. The van der Waals surface area contributed by atoms with Crippen LogP contribution in [0.5, 0.6) is 0 Å². The summed E-state index contributed by atoms with van der Waals surface area (Å²) in [7, 11) is 1.80. The number of aromatic nitrogens is 2. The lowest BCUT2D eigenvalue weighted by Crippen LogP contribution is -2.58. The van der Waals surface area contributed by atoms with Gasteiger partial charge in [-0.1, -0.05) is 48.5 Å². The molecule has 3 heterocycles. The minimum absolute atomic E-state index is 0.0281. The van der Waals surface area contributed by atoms with Crippen LogP contribution in [0.4, 0.5) is 0 Å². The van der Waals surface area contributed by atoms with Gasteiger partial charge in [0.15, 0.2) is 0 Å². The Morgan fingerprint density at radius 2 is 1.82 bits per heavy atom. The number of nitrogens with zero attached hydrogens (tertiary/aromatic N) is 3. The molecule has 2 amide bonds. The van der Waals surface area contributed by atoms with E-state index in [1.807, 2.05) is 73.8 Å². The largest absolute Gasteiger partial charge is 0.350 e. The molecule has 33 heavy (non-hydrogen) atoms. The van der Waals surface area contributed by atoms with Gasteiger partial charge in [-0.15, -0.1) is 0 Å². The summed E-state index contributed by atoms with van der Waals surface area (Å²) >= 11 is 0. The summed E-state index contributed by atoms with van der Waals surface area (Å²) < 4.78 is 0. The first kappa shape index (κ1) is 20.9. The van der Waals surface area contributed by atoms with Gasteiger partial charge in [0.2, 0.25) is 5.91 Å². The Labute approximate surface area is 192 Å². The highest BCUT2D eigenvalue weighted by Crippen LogP contribution is 2.26. The van der Waals surface area contributed by atoms with Crippen molar-refractivity contribution in [3.05, 3.63) is 89.9 Å². The average Bonchev–Trinajstić information content (AvgIpc) is 3.19. The van der Waals surface area contributed by atoms with Gasteiger partial charge < -0.3 is 14.8 Å². The van der Waals surface area contributed by atoms with Gasteiger partial charge in [-0.25, -0.2) is 0 Å². The second-order valence-electron chi connectivity index (χ2n) is 8.59. The van der Waals surface area contributed by atoms with Gasteiger partial charge in [0.05, 0.1) is 0 Å². The van der Waals surface area contributed by atoms with Gasteiger partial charge in [0.1, 0.15) is 11.7 Å². The average molecular weight is 439 g/mol. The Hall–Kier alpha value is -3.93. The van der Waals surface area contributed by atoms with Crippen LogP contribution in [0.15, 0.2) is 73.1 Å². The van der Waals surface area contributed by atoms with Crippen molar-refractivity contribution in [1.82, 2.24) is 19.8 Å². The van der Waals surface area contributed by atoms with Crippen molar-refractivity contribution < 1.29 is 9.59 Å². The second kappa shape index (κ2) is 8.54. The van der Waals surface area contributed by atoms with Gasteiger partial charge >= 0.3 is 0 Å². The van der Waals surface area contributed by atoms with Crippen molar-refractivity contribution in [3.8, 4) is 11.1 Å². The molecule has 6 heteroatoms. The van der Waals surface area contributed by atoms with E-state index in [4.69, 9.17) is 0 Å². The van der Waals surface area contributed by atoms with E-state index in [-0.39, 0.29) is 11.8 Å². The molecular formula is C27H26N4O2. The number of benzene rings is 2. The van der Waals surface area contributed by atoms with Crippen molar-refractivity contribution in [1.29, 1.82) is 0 Å². The maximum absolute atomic E-state index is 13.6. The molecule has 1 atom stereocenters. The van der Waals surface area contributed by atoms with Crippen molar-refractivity contribution in [2.45, 2.75) is 19.4 Å². The van der Waals surface area contributed by atoms with Crippen LogP contribution in [0.3, 0.4) is 0 Å². The maximum atomic E-state index is 13.6. The van der Waals surface area contributed by atoms with Crippen LogP contribution in [-0.2, 0) is 11.2 Å². The highest BCUT2D eigenvalue weighted by Gasteiger charge is 2.37. The lowest BCUT2D eigenvalue weighted by atomic mass is 9.98. The highest BCUT2D eigenvalue weighted by atomic mass is 16.2. The summed E-state index contributed by atoms with van der Waals surface area (Å²) in [5, 5.41) is 1.03. The Bertz CT molecular complexity index is 1310. The van der Waals surface area contributed by atoms with Gasteiger partial charge in [0, 0.05) is 49.9 Å². The van der Waals surface area contributed by atoms with Crippen molar-refractivity contribution >= 4 is 22.7 Å². The van der Waals surface area contributed by atoms with Crippen LogP contribution < -0.4 is 0 Å². The summed E-state index contributed by atoms with van der Waals surface area (Å²) in [5.74, 6) is -0.151. The van der Waals surface area contributed by atoms with Crippen LogP contribution >= 0.6 is 0 Å². The molecule has 2 aromatic carbocycles. The number of para-hydroxylation sites is 1. The number of piperazine rings is 1. The van der Waals surface area contributed by atoms with Gasteiger partial charge in [-0.2, -0.15) is 0 Å². The minimum Gasteiger partial charge on any atom is -0.350 e. The van der Waals surface area contributed by atoms with E-state index >= 15 is 0 Å². The Balaban J connectivity index is 1.43. The number of carbonyl (C=O) groups excluding carboxylic acids is 2. The predicted molar refractivity (Wildman–Crippen MR) is 129 cm³/mol. The molecule has 2 aromatic heterocycles. The van der Waals surface area contributed by atoms with Crippen LogP contribution in [0.2, 0.25) is 0 Å². The zero-order valence-electron chi connectivity index (χ0n) is 18.8. The van der Waals surface area contributed by atoms with E-state index < -0.39 is 6.04 Å². The number of carbonyl (C=O) groups is 2. The molecule has 1 N–H and O–H groups in total. The van der Waals surface area contributed by atoms with E-state index in [0.29, 0.717) is 25.2 Å². The van der Waals surface area contributed by atoms with E-state index in [0.717, 1.165) is 33.2 Å². The summed E-state index contributed by atoms with van der Waals surface area (Å²) in [4.78, 5) is 37.6. The third kappa shape index (κ3) is 3.89. The Morgan fingerprint density at radius 1 is 1.03 bits per heavy atom. The fraction of sp³-hybridized carbons (Fsp3) is 0.222. The number of aromatic amines is 1. The number of aryl methyl sites for hydroxylation is 1. The lowest BCUT2D eigenvalue weighted by Gasteiger charge is -2.39. The molecule has 0 bridgehead atoms. The molecule has 5 rings (SSSR count). The molecule has 0 radical (unpaired) electrons. The van der Waals surface area contributed by atoms with E-state index in [2.05, 4.69) is 9.97 Å². The van der Waals surface area contributed by atoms with Crippen LogP contribution in [0, 0.1) is 6.92 Å². The molecule has 4 aromatic rings. The molecule has 0 aliphatic carbocycles. The monoisotopic (exact) mass is 438 g/mol. The van der Waals surface area contributed by atoms with Crippen LogP contribution in [-0.4, -0.2) is 57.8 Å². The molecule has 1 fully saturated rings. The number of hydrogen-bond acceptors (Lipinski definition) is 3. The molecular weight excluding hydrogens is 412 g/mol. The first-order valence-electron chi connectivity index (χ1n) is 11.2. The molecule has 0 spiro atoms. The summed E-state index contributed by atoms with van der Waals surface area (Å²) in [5.41, 5.74) is 5.54. The number of hydrogen-bond donors (Lipinski definition) is 1. The molecule has 1 unspecified atom stereocenters. The standard InChI is InChI=1S/C27H26N4O2/c1-18-22-7-3-4-8-23(22)29-25(18)27(33)31-15-14-30(2)26(32)24(31)16-19-9-11-20(12-10-19)21-6-5-13-28-17-21/h3-13,17,24,29H,14-16H2,1-2H3. The number of likely N-dealkylation sites (N-methyl/N-ethyl adjacent to an activating group) is 1. The normalized spacial score (nSPS) is 16.4. The minimum atomic E-state index is -0.536. The summed E-state index contributed by atoms with van der Waals surface area (Å²) in [6.45, 7) is 2.99. The van der Waals surface area contributed by atoms with E-state index in [9.17, 15) is 9.59 Å². The molecule has 1 saturated heterocycles. The molecule has 1 aliphatic rings. The van der Waals surface area contributed by atoms with Crippen LogP contribution in [0.1, 0.15) is 21.6 Å². The van der Waals surface area contributed by atoms with Crippen molar-refractivity contribution in [3.63, 3.8) is 0 Å². The number of rotatable bonds is 4. The van der Waals surface area contributed by atoms with Gasteiger partial charge in [-0.3, -0.25) is 14.6 Å². The second-order valence-corrected chi connectivity index (χ2v) is 8.59. The van der Waals surface area contributed by atoms with Gasteiger partial charge in [0.25, 0.3) is 5.91 Å².